The highest BCUT2D eigenvalue weighted by Crippen LogP contribution is 2.09. The number of carbonyl (C=O) groups excluding carboxylic acids is 2. The molecular formula is C16H23ClN4O2. The third kappa shape index (κ3) is 6.08. The Hall–Kier alpha value is -1.79. The molecule has 0 aliphatic carbocycles. The fourth-order valence-electron chi connectivity index (χ4n) is 2.51. The molecule has 1 fully saturated rings. The molecule has 4 N–H and O–H groups in total. The van der Waals surface area contributed by atoms with Gasteiger partial charge in [0.2, 0.25) is 5.91 Å². The topological polar surface area (TPSA) is 82.3 Å². The third-order valence-electron chi connectivity index (χ3n) is 3.88. The number of benzene rings is 1. The van der Waals surface area contributed by atoms with Gasteiger partial charge in [0.25, 0.3) is 0 Å². The second kappa shape index (κ2) is 8.74. The maximum absolute atomic E-state index is 11.9. The molecule has 23 heavy (non-hydrogen) atoms. The third-order valence-corrected chi connectivity index (χ3v) is 4.14. The monoisotopic (exact) mass is 338 g/mol. The highest BCUT2D eigenvalue weighted by atomic mass is 35.5. The Labute approximate surface area is 141 Å². The van der Waals surface area contributed by atoms with E-state index in [1.165, 1.54) is 0 Å². The minimum Gasteiger partial charge on any atom is -0.350 e. The van der Waals surface area contributed by atoms with Crippen LogP contribution in [0.2, 0.25) is 5.02 Å². The zero-order valence-electron chi connectivity index (χ0n) is 13.2. The molecular weight excluding hydrogens is 316 g/mol. The molecule has 126 valence electrons. The molecule has 0 saturated carbocycles. The number of hydrogen-bond donors (Lipinski definition) is 4. The molecule has 0 bridgehead atoms. The lowest BCUT2D eigenvalue weighted by atomic mass is 10.00. The van der Waals surface area contributed by atoms with E-state index in [9.17, 15) is 9.59 Å². The maximum atomic E-state index is 11.9. The fourth-order valence-corrected chi connectivity index (χ4v) is 2.63. The van der Waals surface area contributed by atoms with Crippen molar-refractivity contribution in [2.24, 2.45) is 0 Å². The van der Waals surface area contributed by atoms with Crippen molar-refractivity contribution < 1.29 is 9.59 Å². The minimum atomic E-state index is -0.370. The summed E-state index contributed by atoms with van der Waals surface area (Å²) in [4.78, 5) is 23.6. The van der Waals surface area contributed by atoms with Gasteiger partial charge in [-0.15, -0.1) is 0 Å². The standard InChI is InChI=1S/C16H23ClN4O2/c1-11-14(3-2-8-18-11)21-15(22)10-20-16(23)19-9-12-4-6-13(17)7-5-12/h4-7,11,14,18H,2-3,8-10H2,1H3,(H,21,22)(H2,19,20,23). The molecule has 1 heterocycles. The van der Waals surface area contributed by atoms with Crippen LogP contribution in [0.1, 0.15) is 25.3 Å². The number of hydrogen-bond acceptors (Lipinski definition) is 3. The normalized spacial score (nSPS) is 20.6. The molecule has 1 saturated heterocycles. The molecule has 1 aromatic carbocycles. The first-order valence-corrected chi connectivity index (χ1v) is 8.21. The molecule has 2 atom stereocenters. The van der Waals surface area contributed by atoms with Crippen LogP contribution in [0.5, 0.6) is 0 Å². The minimum absolute atomic E-state index is 0.0321. The number of halogens is 1. The van der Waals surface area contributed by atoms with Gasteiger partial charge in [0.15, 0.2) is 0 Å². The van der Waals surface area contributed by atoms with Gasteiger partial charge >= 0.3 is 6.03 Å². The first-order chi connectivity index (χ1) is 11.0. The zero-order valence-corrected chi connectivity index (χ0v) is 14.0. The predicted molar refractivity (Wildman–Crippen MR) is 90.3 cm³/mol. The highest BCUT2D eigenvalue weighted by molar-refractivity contribution is 6.30. The van der Waals surface area contributed by atoms with Gasteiger partial charge in [-0.3, -0.25) is 4.79 Å². The quantitative estimate of drug-likeness (QED) is 0.655. The number of nitrogens with one attached hydrogen (secondary N) is 4. The van der Waals surface area contributed by atoms with Crippen LogP contribution in [0.4, 0.5) is 4.79 Å². The largest absolute Gasteiger partial charge is 0.350 e. The van der Waals surface area contributed by atoms with Crippen LogP contribution in [-0.4, -0.2) is 37.1 Å². The van der Waals surface area contributed by atoms with Crippen LogP contribution in [0, 0.1) is 0 Å². The summed E-state index contributed by atoms with van der Waals surface area (Å²) in [5.74, 6) is -0.174. The molecule has 0 aromatic heterocycles. The van der Waals surface area contributed by atoms with E-state index in [1.807, 2.05) is 12.1 Å². The van der Waals surface area contributed by atoms with E-state index in [0.29, 0.717) is 11.6 Å². The van der Waals surface area contributed by atoms with Gasteiger partial charge in [-0.1, -0.05) is 23.7 Å². The molecule has 3 amide bonds. The summed E-state index contributed by atoms with van der Waals surface area (Å²) in [6, 6.07) is 7.22. The van der Waals surface area contributed by atoms with E-state index in [1.54, 1.807) is 12.1 Å². The van der Waals surface area contributed by atoms with Crippen molar-refractivity contribution in [2.45, 2.75) is 38.4 Å². The zero-order chi connectivity index (χ0) is 16.7. The Balaban J connectivity index is 1.65. The Morgan fingerprint density at radius 3 is 2.70 bits per heavy atom. The maximum Gasteiger partial charge on any atom is 0.315 e. The Morgan fingerprint density at radius 2 is 2.00 bits per heavy atom. The molecule has 0 radical (unpaired) electrons. The van der Waals surface area contributed by atoms with Gasteiger partial charge in [-0.05, 0) is 44.0 Å². The van der Waals surface area contributed by atoms with Crippen molar-refractivity contribution in [1.82, 2.24) is 21.3 Å². The van der Waals surface area contributed by atoms with Gasteiger partial charge in [-0.25, -0.2) is 4.79 Å². The smallest absolute Gasteiger partial charge is 0.315 e. The Morgan fingerprint density at radius 1 is 1.26 bits per heavy atom. The second-order valence-corrected chi connectivity index (χ2v) is 6.16. The van der Waals surface area contributed by atoms with Gasteiger partial charge < -0.3 is 21.3 Å². The number of carbonyl (C=O) groups is 2. The molecule has 2 unspecified atom stereocenters. The number of piperidine rings is 1. The van der Waals surface area contributed by atoms with Crippen molar-refractivity contribution in [3.8, 4) is 0 Å². The first kappa shape index (κ1) is 17.6. The number of amides is 3. The summed E-state index contributed by atoms with van der Waals surface area (Å²) in [5, 5.41) is 12.2. The Bertz CT molecular complexity index is 535. The van der Waals surface area contributed by atoms with Crippen molar-refractivity contribution in [3.05, 3.63) is 34.9 Å². The van der Waals surface area contributed by atoms with Gasteiger partial charge in [-0.2, -0.15) is 0 Å². The highest BCUT2D eigenvalue weighted by Gasteiger charge is 2.22. The summed E-state index contributed by atoms with van der Waals surface area (Å²) in [7, 11) is 0. The lowest BCUT2D eigenvalue weighted by Gasteiger charge is -2.30. The average Bonchev–Trinajstić information content (AvgIpc) is 2.54. The lowest BCUT2D eigenvalue weighted by molar-refractivity contribution is -0.121. The molecule has 0 spiro atoms. The van der Waals surface area contributed by atoms with Crippen LogP contribution in [0.15, 0.2) is 24.3 Å². The van der Waals surface area contributed by atoms with E-state index in [2.05, 4.69) is 28.2 Å². The molecule has 1 aromatic rings. The average molecular weight is 339 g/mol. The summed E-state index contributed by atoms with van der Waals surface area (Å²) in [6.45, 7) is 3.39. The molecule has 7 heteroatoms. The van der Waals surface area contributed by atoms with Crippen LogP contribution in [-0.2, 0) is 11.3 Å². The number of urea groups is 1. The summed E-state index contributed by atoms with van der Waals surface area (Å²) in [5.41, 5.74) is 0.941. The molecule has 1 aliphatic rings. The SMILES string of the molecule is CC1NCCCC1NC(=O)CNC(=O)NCc1ccc(Cl)cc1. The van der Waals surface area contributed by atoms with Crippen LogP contribution in [0.25, 0.3) is 0 Å². The summed E-state index contributed by atoms with van der Waals surface area (Å²) in [6.07, 6.45) is 2.01. The van der Waals surface area contributed by atoms with Crippen LogP contribution < -0.4 is 21.3 Å². The van der Waals surface area contributed by atoms with Gasteiger partial charge in [0.05, 0.1) is 6.54 Å². The van der Waals surface area contributed by atoms with E-state index in [-0.39, 0.29) is 30.6 Å². The number of rotatable bonds is 5. The van der Waals surface area contributed by atoms with E-state index in [4.69, 9.17) is 11.6 Å². The van der Waals surface area contributed by atoms with E-state index < -0.39 is 0 Å². The Kier molecular flexibility index (Phi) is 6.67. The van der Waals surface area contributed by atoms with Crippen LogP contribution >= 0.6 is 11.6 Å². The van der Waals surface area contributed by atoms with E-state index >= 15 is 0 Å². The summed E-state index contributed by atoms with van der Waals surface area (Å²) < 4.78 is 0. The fraction of sp³-hybridized carbons (Fsp3) is 0.500. The second-order valence-electron chi connectivity index (χ2n) is 5.72. The van der Waals surface area contributed by atoms with Crippen molar-refractivity contribution in [3.63, 3.8) is 0 Å². The predicted octanol–water partition coefficient (Wildman–Crippen LogP) is 1.40. The first-order valence-electron chi connectivity index (χ1n) is 7.83. The van der Waals surface area contributed by atoms with Crippen molar-refractivity contribution >= 4 is 23.5 Å². The molecule has 1 aliphatic heterocycles. The lowest BCUT2D eigenvalue weighted by Crippen LogP contribution is -2.54. The van der Waals surface area contributed by atoms with E-state index in [0.717, 1.165) is 24.9 Å². The van der Waals surface area contributed by atoms with Gasteiger partial charge in [0, 0.05) is 23.7 Å². The van der Waals surface area contributed by atoms with Crippen molar-refractivity contribution in [1.29, 1.82) is 0 Å². The molecule has 2 rings (SSSR count). The van der Waals surface area contributed by atoms with Gasteiger partial charge in [0.1, 0.15) is 0 Å². The summed E-state index contributed by atoms with van der Waals surface area (Å²) >= 11 is 5.80. The molecule has 6 nitrogen and oxygen atoms in total. The van der Waals surface area contributed by atoms with Crippen molar-refractivity contribution in [2.75, 3.05) is 13.1 Å². The van der Waals surface area contributed by atoms with Crippen LogP contribution in [0.3, 0.4) is 0 Å².